The Labute approximate surface area is 282 Å². The van der Waals surface area contributed by atoms with Gasteiger partial charge in [0.2, 0.25) is 0 Å². The van der Waals surface area contributed by atoms with Gasteiger partial charge in [0.15, 0.2) is 11.4 Å². The largest absolute Gasteiger partial charge is 0.544 e. The van der Waals surface area contributed by atoms with Crippen molar-refractivity contribution >= 4 is 29.3 Å². The number of nitrogens with two attached hydrogens (primary N) is 2. The topological polar surface area (TPSA) is 236 Å². The van der Waals surface area contributed by atoms with Gasteiger partial charge in [-0.3, -0.25) is 4.79 Å². The molecule has 1 fully saturated rings. The minimum absolute atomic E-state index is 0.0820. The highest BCUT2D eigenvalue weighted by atomic mass is 16.6. The molecule has 2 amide bonds. The Morgan fingerprint density at radius 1 is 1.23 bits per heavy atom. The number of methoxy groups -OCH3 is 1. The monoisotopic (exact) mass is 673 g/mol. The lowest BCUT2D eigenvalue weighted by atomic mass is 9.87. The average molecular weight is 674 g/mol. The summed E-state index contributed by atoms with van der Waals surface area (Å²) in [5.41, 5.74) is 10.2. The van der Waals surface area contributed by atoms with E-state index in [4.69, 9.17) is 15.2 Å². The average Bonchev–Trinajstić information content (AvgIpc) is 3.78. The number of ether oxygens (including phenoxy) is 2. The molecule has 0 aromatic heterocycles. The number of carboxylic acid groups (broad SMARTS) is 1. The van der Waals surface area contributed by atoms with E-state index in [1.807, 2.05) is 33.8 Å². The molecule has 2 aliphatic rings. The summed E-state index contributed by atoms with van der Waals surface area (Å²) >= 11 is 0. The number of nitrogens with one attached hydrogen (secondary N) is 1. The molecule has 1 aromatic carbocycles. The Morgan fingerprint density at radius 3 is 2.40 bits per heavy atom. The number of fused-ring (bicyclic) bond motifs is 2. The zero-order valence-electron chi connectivity index (χ0n) is 28.8. The predicted molar refractivity (Wildman–Crippen MR) is 179 cm³/mol. The highest BCUT2D eigenvalue weighted by Crippen LogP contribution is 2.40. The van der Waals surface area contributed by atoms with Crippen molar-refractivity contribution in [2.75, 3.05) is 19.0 Å². The van der Waals surface area contributed by atoms with Gasteiger partial charge in [-0.05, 0) is 44.3 Å². The van der Waals surface area contributed by atoms with Crippen molar-refractivity contribution in [2.45, 2.75) is 84.2 Å². The second-order valence-corrected chi connectivity index (χ2v) is 13.0. The number of primary amides is 1. The van der Waals surface area contributed by atoms with E-state index < -0.39 is 41.8 Å². The van der Waals surface area contributed by atoms with Crippen LogP contribution in [0.5, 0.6) is 11.5 Å². The second-order valence-electron chi connectivity index (χ2n) is 13.0. The first-order valence-corrected chi connectivity index (χ1v) is 16.1. The van der Waals surface area contributed by atoms with Crippen molar-refractivity contribution < 1.29 is 55.3 Å². The molecule has 1 saturated carbocycles. The number of hydrogen-bond acceptors (Lipinski definition) is 9. The number of carbonyl (C=O) groups is 3. The van der Waals surface area contributed by atoms with Crippen molar-refractivity contribution in [1.82, 2.24) is 0 Å². The molecule has 13 nitrogen and oxygen atoms in total. The number of aliphatic hydroxyl groups excluding tert-OH is 1. The molecule has 6 atom stereocenters. The zero-order chi connectivity index (χ0) is 36.3. The smallest absolute Gasteiger partial charge is 0.405 e. The Morgan fingerprint density at radius 2 is 1.88 bits per heavy atom. The van der Waals surface area contributed by atoms with Crippen LogP contribution < -0.4 is 27.2 Å². The van der Waals surface area contributed by atoms with E-state index in [2.05, 4.69) is 17.6 Å². The molecule has 266 valence electrons. The van der Waals surface area contributed by atoms with Gasteiger partial charge in [0, 0.05) is 43.4 Å². The first-order chi connectivity index (χ1) is 22.4. The van der Waals surface area contributed by atoms with Crippen molar-refractivity contribution in [3.05, 3.63) is 59.7 Å². The summed E-state index contributed by atoms with van der Waals surface area (Å²) in [7, 11) is 1.53. The van der Waals surface area contributed by atoms with Gasteiger partial charge < -0.3 is 56.8 Å². The standard InChI is InChI=1S/C31H45N3O7.C4H7NO2/c1-8-12-33-26-22-13-17(2)14-25(40-7)27(36)20(5)15-21(6)29(41-31(32)39)18(3)10-9-11-19(4)30(38)34-23(28(22)37)16-24(26)35;5-4(1-2-4)3(6)7/h8-11,15-18,20,25,27,29,33,35-37H,1,12-14H2,2-7H3,(H2,32,39)(H,34,38);1-2,5H2,(H,6,7)/p+1/b10-9-,19-11+,21-15+;/t17-,18+,20+,25+,27-,29-;/m1./s1. The van der Waals surface area contributed by atoms with Gasteiger partial charge in [0.1, 0.15) is 23.4 Å². The van der Waals surface area contributed by atoms with E-state index in [1.54, 1.807) is 36.5 Å². The molecule has 0 saturated heterocycles. The van der Waals surface area contributed by atoms with E-state index >= 15 is 0 Å². The van der Waals surface area contributed by atoms with Gasteiger partial charge in [-0.2, -0.15) is 0 Å². The minimum Gasteiger partial charge on any atom is -0.544 e. The molecule has 2 bridgehead atoms. The summed E-state index contributed by atoms with van der Waals surface area (Å²) in [5.74, 6) is -2.45. The fraction of sp³-hybridized carbons (Fsp3) is 0.514. The number of aromatic hydroxyl groups is 2. The molecule has 0 radical (unpaired) electrons. The number of amides is 2. The molecule has 1 aromatic rings. The number of carbonyl (C=O) groups excluding carboxylic acids is 3. The van der Waals surface area contributed by atoms with Gasteiger partial charge in [-0.1, -0.05) is 51.7 Å². The van der Waals surface area contributed by atoms with Crippen molar-refractivity contribution in [3.8, 4) is 11.5 Å². The predicted octanol–water partition coefficient (Wildman–Crippen LogP) is 1.07. The maximum atomic E-state index is 13.0. The number of benzene rings is 1. The molecule has 0 unspecified atom stereocenters. The number of carboxylic acids is 1. The number of hydrogen-bond donors (Lipinski definition) is 7. The molecule has 48 heavy (non-hydrogen) atoms. The second kappa shape index (κ2) is 17.8. The third kappa shape index (κ3) is 11.2. The quantitative estimate of drug-likeness (QED) is 0.0988. The van der Waals surface area contributed by atoms with Crippen LogP contribution in [0.2, 0.25) is 0 Å². The number of phenols is 2. The highest BCUT2D eigenvalue weighted by Gasteiger charge is 2.44. The number of phenolic OH excluding ortho intramolecular Hbond substituents is 2. The maximum Gasteiger partial charge on any atom is 0.405 e. The highest BCUT2D eigenvalue weighted by molar-refractivity contribution is 6.04. The number of rotatable bonds is 6. The number of quaternary nitrogens is 2. The van der Waals surface area contributed by atoms with Crippen LogP contribution in [0.3, 0.4) is 0 Å². The van der Waals surface area contributed by atoms with E-state index in [0.29, 0.717) is 54.6 Å². The maximum absolute atomic E-state index is 13.0. The lowest BCUT2D eigenvalue weighted by Crippen LogP contribution is -2.78. The number of aliphatic hydroxyl groups is 1. The Balaban J connectivity index is 0.00000101. The van der Waals surface area contributed by atoms with E-state index in [9.17, 15) is 34.8 Å². The van der Waals surface area contributed by atoms with Gasteiger partial charge >= 0.3 is 6.09 Å². The molecule has 0 spiro atoms. The van der Waals surface area contributed by atoms with E-state index in [1.165, 1.54) is 13.2 Å². The van der Waals surface area contributed by atoms with E-state index in [0.717, 1.165) is 0 Å². The molecular formula is C35H53N4O9+. The van der Waals surface area contributed by atoms with Crippen LogP contribution in [0.15, 0.2) is 54.2 Å². The Bertz CT molecular complexity index is 1420. The number of allylic oxidation sites excluding steroid dienone is 2. The van der Waals surface area contributed by atoms with Gasteiger partial charge in [0.25, 0.3) is 5.91 Å². The Hall–Kier alpha value is -4.17. The van der Waals surface area contributed by atoms with Crippen LogP contribution >= 0.6 is 0 Å². The van der Waals surface area contributed by atoms with Crippen molar-refractivity contribution in [1.29, 1.82) is 0 Å². The summed E-state index contributed by atoms with van der Waals surface area (Å²) in [6, 6.07) is 1.33. The summed E-state index contributed by atoms with van der Waals surface area (Å²) < 4.78 is 11.1. The normalized spacial score (nSPS) is 29.0. The van der Waals surface area contributed by atoms with Crippen LogP contribution in [-0.2, 0) is 25.5 Å². The SMILES string of the molecule is C=CC[NH2+]c1c(O)cc2c(O)c1C[C@@H](C)C[C@H](OC)[C@H](O)[C@@H](C)/C=C(\C)[C@H](OC(N)=O)[C@@H](C)/C=C\C=C(/C)C(=O)N2.[NH3+]C1(C(=O)[O-])CC1. The first-order valence-electron chi connectivity index (χ1n) is 16.1. The van der Waals surface area contributed by atoms with Crippen LogP contribution in [0.25, 0.3) is 0 Å². The zero-order valence-corrected chi connectivity index (χ0v) is 28.8. The van der Waals surface area contributed by atoms with Gasteiger partial charge in [-0.15, -0.1) is 0 Å². The summed E-state index contributed by atoms with van der Waals surface area (Å²) in [4.78, 5) is 34.6. The molecular weight excluding hydrogens is 620 g/mol. The molecule has 1 heterocycles. The fourth-order valence-corrected chi connectivity index (χ4v) is 5.48. The van der Waals surface area contributed by atoms with Crippen LogP contribution in [0.1, 0.15) is 59.4 Å². The molecule has 11 N–H and O–H groups in total. The van der Waals surface area contributed by atoms with Crippen LogP contribution in [0.4, 0.5) is 16.2 Å². The van der Waals surface area contributed by atoms with Gasteiger partial charge in [0.05, 0.1) is 30.0 Å². The minimum atomic E-state index is -1.01. The van der Waals surface area contributed by atoms with E-state index in [-0.39, 0.29) is 34.9 Å². The molecule has 1 aliphatic carbocycles. The lowest BCUT2D eigenvalue weighted by molar-refractivity contribution is -0.562. The fourth-order valence-electron chi connectivity index (χ4n) is 5.48. The number of anilines is 1. The lowest BCUT2D eigenvalue weighted by Gasteiger charge is -2.29. The Kier molecular flexibility index (Phi) is 14.9. The number of aliphatic carboxylic acids is 1. The first kappa shape index (κ1) is 40.0. The van der Waals surface area contributed by atoms with Gasteiger partial charge in [-0.25, -0.2) is 4.79 Å². The van der Waals surface area contributed by atoms with Crippen LogP contribution in [0, 0.1) is 17.8 Å². The van der Waals surface area contributed by atoms with Crippen LogP contribution in [-0.4, -0.2) is 70.8 Å². The summed E-state index contributed by atoms with van der Waals surface area (Å²) in [6.45, 7) is 13.3. The summed E-state index contributed by atoms with van der Waals surface area (Å²) in [5, 5.41) is 47.7. The summed E-state index contributed by atoms with van der Waals surface area (Å²) in [6.07, 6.45) is 7.70. The molecule has 1 aliphatic heterocycles. The third-order valence-electron chi connectivity index (χ3n) is 8.67. The molecule has 3 rings (SSSR count). The molecule has 13 heteroatoms. The van der Waals surface area contributed by atoms with Crippen molar-refractivity contribution in [3.63, 3.8) is 0 Å². The van der Waals surface area contributed by atoms with Crippen molar-refractivity contribution in [2.24, 2.45) is 23.5 Å². The third-order valence-corrected chi connectivity index (χ3v) is 8.67.